The number of aromatic nitrogens is 2. The number of carbonyl (C=O) groups is 1. The van der Waals surface area contributed by atoms with Gasteiger partial charge in [0.2, 0.25) is 0 Å². The molecule has 3 N–H and O–H groups in total. The summed E-state index contributed by atoms with van der Waals surface area (Å²) in [5.41, 5.74) is 1.91. The van der Waals surface area contributed by atoms with Crippen LogP contribution in [0.1, 0.15) is 28.8 Å². The molecule has 25 heavy (non-hydrogen) atoms. The van der Waals surface area contributed by atoms with Crippen LogP contribution < -0.4 is 5.32 Å². The minimum atomic E-state index is -1.08. The molecule has 0 bridgehead atoms. The van der Waals surface area contributed by atoms with Crippen molar-refractivity contribution in [2.45, 2.75) is 25.8 Å². The molecular weight excluding hydrogens is 320 g/mol. The number of benzene rings is 1. The Morgan fingerprint density at radius 2 is 2.12 bits per heavy atom. The Hall–Kier alpha value is -2.67. The van der Waals surface area contributed by atoms with Crippen molar-refractivity contribution in [2.75, 3.05) is 25.5 Å². The van der Waals surface area contributed by atoms with Crippen LogP contribution in [0.15, 0.2) is 24.3 Å². The van der Waals surface area contributed by atoms with Gasteiger partial charge in [0.1, 0.15) is 11.6 Å². The van der Waals surface area contributed by atoms with Gasteiger partial charge in [0.25, 0.3) is 0 Å². The SMILES string of the molecule is Cc1cc(N[C@@H]2CCCN(C)C2)nnc1-c1ccc(C(=O)O)cc1O. The Morgan fingerprint density at radius 1 is 1.32 bits per heavy atom. The molecule has 2 aromatic rings. The van der Waals surface area contributed by atoms with Gasteiger partial charge in [-0.15, -0.1) is 10.2 Å². The molecule has 1 aliphatic rings. The highest BCUT2D eigenvalue weighted by atomic mass is 16.4. The molecule has 1 fully saturated rings. The van der Waals surface area contributed by atoms with Crippen LogP contribution in [0.2, 0.25) is 0 Å². The van der Waals surface area contributed by atoms with Crippen molar-refractivity contribution >= 4 is 11.8 Å². The Balaban J connectivity index is 1.81. The number of likely N-dealkylation sites (tertiary alicyclic amines) is 1. The van der Waals surface area contributed by atoms with Crippen LogP contribution in [-0.4, -0.2) is 57.5 Å². The number of rotatable bonds is 4. The van der Waals surface area contributed by atoms with Gasteiger partial charge < -0.3 is 20.4 Å². The number of hydrogen-bond donors (Lipinski definition) is 3. The molecule has 7 heteroatoms. The standard InChI is InChI=1S/C18H22N4O3/c1-11-8-16(19-13-4-3-7-22(2)10-13)20-21-17(11)14-6-5-12(18(24)25)9-15(14)23/h5-6,8-9,13,23H,3-4,7,10H2,1-2H3,(H,19,20)(H,24,25)/t13-/m1/s1. The second-order valence-corrected chi connectivity index (χ2v) is 6.54. The van der Waals surface area contributed by atoms with E-state index in [4.69, 9.17) is 5.11 Å². The van der Waals surface area contributed by atoms with Gasteiger partial charge in [0.15, 0.2) is 0 Å². The molecule has 0 saturated carbocycles. The van der Waals surface area contributed by atoms with Gasteiger partial charge in [-0.05, 0) is 63.2 Å². The number of aromatic hydroxyl groups is 1. The number of anilines is 1. The number of phenolic OH excluding ortho intramolecular Hbond substituents is 1. The van der Waals surface area contributed by atoms with E-state index in [0.29, 0.717) is 23.1 Å². The normalized spacial score (nSPS) is 18.1. The lowest BCUT2D eigenvalue weighted by atomic mass is 10.0. The van der Waals surface area contributed by atoms with Gasteiger partial charge in [0, 0.05) is 18.2 Å². The number of aromatic carboxylic acids is 1. The number of nitrogens with one attached hydrogen (secondary N) is 1. The maximum Gasteiger partial charge on any atom is 0.335 e. The number of hydrogen-bond acceptors (Lipinski definition) is 6. The van der Waals surface area contributed by atoms with Crippen LogP contribution in [0, 0.1) is 6.92 Å². The van der Waals surface area contributed by atoms with E-state index < -0.39 is 5.97 Å². The number of nitrogens with zero attached hydrogens (tertiary/aromatic N) is 3. The molecule has 1 aromatic heterocycles. The summed E-state index contributed by atoms with van der Waals surface area (Å²) < 4.78 is 0. The van der Waals surface area contributed by atoms with Crippen molar-refractivity contribution in [1.29, 1.82) is 0 Å². The molecule has 1 saturated heterocycles. The number of aryl methyl sites for hydroxylation is 1. The van der Waals surface area contributed by atoms with Crippen LogP contribution >= 0.6 is 0 Å². The first kappa shape index (κ1) is 17.2. The molecule has 1 aliphatic heterocycles. The summed E-state index contributed by atoms with van der Waals surface area (Å²) in [5.74, 6) is -0.489. The van der Waals surface area contributed by atoms with E-state index in [2.05, 4.69) is 27.5 Å². The van der Waals surface area contributed by atoms with Crippen molar-refractivity contribution in [2.24, 2.45) is 0 Å². The fourth-order valence-corrected chi connectivity index (χ4v) is 3.18. The van der Waals surface area contributed by atoms with Crippen LogP contribution in [-0.2, 0) is 0 Å². The molecule has 1 aromatic carbocycles. The van der Waals surface area contributed by atoms with Crippen LogP contribution in [0.3, 0.4) is 0 Å². The van der Waals surface area contributed by atoms with Crippen LogP contribution in [0.25, 0.3) is 11.3 Å². The first-order chi connectivity index (χ1) is 11.9. The van der Waals surface area contributed by atoms with Gasteiger partial charge in [0.05, 0.1) is 11.3 Å². The van der Waals surface area contributed by atoms with E-state index in [-0.39, 0.29) is 11.3 Å². The summed E-state index contributed by atoms with van der Waals surface area (Å²) in [7, 11) is 2.11. The van der Waals surface area contributed by atoms with Gasteiger partial charge in [-0.1, -0.05) is 0 Å². The first-order valence-electron chi connectivity index (χ1n) is 8.30. The van der Waals surface area contributed by atoms with Gasteiger partial charge >= 0.3 is 5.97 Å². The second kappa shape index (κ2) is 7.06. The minimum absolute atomic E-state index is 0.0339. The van der Waals surface area contributed by atoms with Crippen molar-refractivity contribution in [3.8, 4) is 17.0 Å². The lowest BCUT2D eigenvalue weighted by molar-refractivity contribution is 0.0696. The topological polar surface area (TPSA) is 98.6 Å². The third-order valence-corrected chi connectivity index (χ3v) is 4.46. The van der Waals surface area contributed by atoms with Gasteiger partial charge in [-0.3, -0.25) is 0 Å². The van der Waals surface area contributed by atoms with Gasteiger partial charge in [-0.25, -0.2) is 4.79 Å². The average Bonchev–Trinajstić information content (AvgIpc) is 2.55. The largest absolute Gasteiger partial charge is 0.507 e. The molecule has 0 unspecified atom stereocenters. The number of carboxylic acids is 1. The zero-order chi connectivity index (χ0) is 18.0. The molecular formula is C18H22N4O3. The summed E-state index contributed by atoms with van der Waals surface area (Å²) in [4.78, 5) is 13.3. The predicted octanol–water partition coefficient (Wildman–Crippen LogP) is 2.36. The molecule has 0 aliphatic carbocycles. The zero-order valence-corrected chi connectivity index (χ0v) is 14.4. The molecule has 1 atom stereocenters. The van der Waals surface area contributed by atoms with E-state index in [1.165, 1.54) is 12.1 Å². The molecule has 0 radical (unpaired) electrons. The predicted molar refractivity (Wildman–Crippen MR) is 95.0 cm³/mol. The van der Waals surface area contributed by atoms with Crippen molar-refractivity contribution < 1.29 is 15.0 Å². The number of likely N-dealkylation sites (N-methyl/N-ethyl adjacent to an activating group) is 1. The Bertz CT molecular complexity index is 794. The van der Waals surface area contributed by atoms with Crippen molar-refractivity contribution in [1.82, 2.24) is 15.1 Å². The number of phenols is 1. The highest BCUT2D eigenvalue weighted by molar-refractivity contribution is 5.89. The molecule has 132 valence electrons. The average molecular weight is 342 g/mol. The second-order valence-electron chi connectivity index (χ2n) is 6.54. The van der Waals surface area contributed by atoms with E-state index in [1.54, 1.807) is 6.07 Å². The highest BCUT2D eigenvalue weighted by Gasteiger charge is 2.18. The van der Waals surface area contributed by atoms with Crippen LogP contribution in [0.4, 0.5) is 5.82 Å². The van der Waals surface area contributed by atoms with Gasteiger partial charge in [-0.2, -0.15) is 0 Å². The fourth-order valence-electron chi connectivity index (χ4n) is 3.18. The fraction of sp³-hybridized carbons (Fsp3) is 0.389. The maximum atomic E-state index is 11.0. The molecule has 7 nitrogen and oxygen atoms in total. The summed E-state index contributed by atoms with van der Waals surface area (Å²) in [6, 6.07) is 6.48. The molecule has 0 amide bonds. The third kappa shape index (κ3) is 3.88. The van der Waals surface area contributed by atoms with Crippen molar-refractivity contribution in [3.63, 3.8) is 0 Å². The number of carboxylic acid groups (broad SMARTS) is 1. The monoisotopic (exact) mass is 342 g/mol. The van der Waals surface area contributed by atoms with E-state index in [0.717, 1.165) is 31.5 Å². The summed E-state index contributed by atoms with van der Waals surface area (Å²) in [6.07, 6.45) is 2.26. The zero-order valence-electron chi connectivity index (χ0n) is 14.4. The summed E-state index contributed by atoms with van der Waals surface area (Å²) in [6.45, 7) is 3.99. The summed E-state index contributed by atoms with van der Waals surface area (Å²) in [5, 5.41) is 31.0. The van der Waals surface area contributed by atoms with E-state index in [1.807, 2.05) is 13.0 Å². The van der Waals surface area contributed by atoms with Crippen LogP contribution in [0.5, 0.6) is 5.75 Å². The van der Waals surface area contributed by atoms with Crippen molar-refractivity contribution in [3.05, 3.63) is 35.4 Å². The minimum Gasteiger partial charge on any atom is -0.507 e. The molecule has 2 heterocycles. The lowest BCUT2D eigenvalue weighted by Gasteiger charge is -2.30. The third-order valence-electron chi connectivity index (χ3n) is 4.46. The summed E-state index contributed by atoms with van der Waals surface area (Å²) >= 11 is 0. The quantitative estimate of drug-likeness (QED) is 0.784. The maximum absolute atomic E-state index is 11.0. The Labute approximate surface area is 146 Å². The van der Waals surface area contributed by atoms with E-state index in [9.17, 15) is 9.90 Å². The first-order valence-corrected chi connectivity index (χ1v) is 8.30. The highest BCUT2D eigenvalue weighted by Crippen LogP contribution is 2.31. The smallest absolute Gasteiger partial charge is 0.335 e. The number of piperidine rings is 1. The molecule has 3 rings (SSSR count). The molecule has 0 spiro atoms. The Kier molecular flexibility index (Phi) is 4.85. The lowest BCUT2D eigenvalue weighted by Crippen LogP contribution is -2.39. The Morgan fingerprint density at radius 3 is 2.76 bits per heavy atom. The van der Waals surface area contributed by atoms with E-state index >= 15 is 0 Å².